The molecule has 3 heterocycles. The van der Waals surface area contributed by atoms with Gasteiger partial charge in [-0.1, -0.05) is 18.1 Å². The topological polar surface area (TPSA) is 96.8 Å². The van der Waals surface area contributed by atoms with Crippen LogP contribution in [0, 0.1) is 5.92 Å². The van der Waals surface area contributed by atoms with E-state index < -0.39 is 0 Å². The Morgan fingerprint density at radius 3 is 3.09 bits per heavy atom. The molecular weight excluding hydrogens is 284 g/mol. The quantitative estimate of drug-likeness (QED) is 0.755. The molecule has 22 heavy (non-hydrogen) atoms. The highest BCUT2D eigenvalue weighted by molar-refractivity contribution is 5.89. The van der Waals surface area contributed by atoms with Gasteiger partial charge in [-0.25, -0.2) is 4.79 Å². The molecule has 114 valence electrons. The molecule has 1 saturated heterocycles. The average Bonchev–Trinajstić information content (AvgIpc) is 3.12. The molecule has 1 aliphatic rings. The maximum Gasteiger partial charge on any atom is 0.323 e. The van der Waals surface area contributed by atoms with Crippen LogP contribution in [0.4, 0.5) is 0 Å². The summed E-state index contributed by atoms with van der Waals surface area (Å²) in [6.45, 7) is 3.57. The summed E-state index contributed by atoms with van der Waals surface area (Å²) in [5, 5.41) is 4.14. The molecule has 7 nitrogen and oxygen atoms in total. The van der Waals surface area contributed by atoms with Crippen LogP contribution in [-0.2, 0) is 4.74 Å². The highest BCUT2D eigenvalue weighted by Crippen LogP contribution is 2.32. The summed E-state index contributed by atoms with van der Waals surface area (Å²) in [5.41, 5.74) is 1.89. The van der Waals surface area contributed by atoms with E-state index in [-0.39, 0.29) is 11.6 Å². The summed E-state index contributed by atoms with van der Waals surface area (Å²) in [6.07, 6.45) is 0.894. The van der Waals surface area contributed by atoms with Crippen molar-refractivity contribution in [2.45, 2.75) is 19.3 Å². The summed E-state index contributed by atoms with van der Waals surface area (Å²) >= 11 is 0. The van der Waals surface area contributed by atoms with Crippen LogP contribution in [-0.4, -0.2) is 33.3 Å². The maximum atomic E-state index is 11.5. The van der Waals surface area contributed by atoms with Gasteiger partial charge in [-0.3, -0.25) is 0 Å². The number of aromatic amines is 2. The second-order valence-corrected chi connectivity index (χ2v) is 5.71. The lowest BCUT2D eigenvalue weighted by atomic mass is 9.89. The molecule has 0 amide bonds. The Labute approximate surface area is 125 Å². The number of ether oxygens (including phenoxy) is 1. The van der Waals surface area contributed by atoms with Gasteiger partial charge < -0.3 is 19.2 Å². The number of para-hydroxylation sites is 1. The molecule has 2 N–H and O–H groups in total. The third kappa shape index (κ3) is 2.14. The van der Waals surface area contributed by atoms with Gasteiger partial charge in [0, 0.05) is 19.1 Å². The van der Waals surface area contributed by atoms with E-state index >= 15 is 0 Å². The lowest BCUT2D eigenvalue weighted by Gasteiger charge is -2.25. The fraction of sp³-hybridized carbons (Fsp3) is 0.400. The molecule has 1 aromatic carbocycles. The molecule has 1 fully saturated rings. The van der Waals surface area contributed by atoms with Crippen molar-refractivity contribution in [3.05, 3.63) is 34.5 Å². The minimum Gasteiger partial charge on any atom is -0.381 e. The van der Waals surface area contributed by atoms with Crippen molar-refractivity contribution in [1.29, 1.82) is 0 Å². The highest BCUT2D eigenvalue weighted by Gasteiger charge is 2.28. The molecule has 2 unspecified atom stereocenters. The first-order chi connectivity index (χ1) is 10.7. The molecule has 0 bridgehead atoms. The molecular formula is C15H16N4O3. The summed E-state index contributed by atoms with van der Waals surface area (Å²) in [5.74, 6) is 1.74. The second kappa shape index (κ2) is 5.10. The van der Waals surface area contributed by atoms with Gasteiger partial charge in [-0.2, -0.15) is 4.98 Å². The van der Waals surface area contributed by atoms with E-state index in [9.17, 15) is 4.79 Å². The third-order valence-corrected chi connectivity index (χ3v) is 4.20. The summed E-state index contributed by atoms with van der Waals surface area (Å²) in [7, 11) is 0. The number of fused-ring (bicyclic) bond motifs is 1. The number of hydrogen-bond donors (Lipinski definition) is 2. The number of nitrogens with one attached hydrogen (secondary N) is 2. The Morgan fingerprint density at radius 1 is 1.32 bits per heavy atom. The lowest BCUT2D eigenvalue weighted by molar-refractivity contribution is 0.0447. The number of hydrogen-bond acceptors (Lipinski definition) is 5. The molecule has 4 rings (SSSR count). The van der Waals surface area contributed by atoms with Crippen molar-refractivity contribution in [1.82, 2.24) is 20.1 Å². The Balaban J connectivity index is 1.75. The van der Waals surface area contributed by atoms with Crippen molar-refractivity contribution < 1.29 is 9.26 Å². The van der Waals surface area contributed by atoms with Gasteiger partial charge in [0.1, 0.15) is 0 Å². The Morgan fingerprint density at radius 2 is 2.23 bits per heavy atom. The second-order valence-electron chi connectivity index (χ2n) is 5.71. The molecule has 1 aliphatic heterocycles. The van der Waals surface area contributed by atoms with Crippen LogP contribution in [0.5, 0.6) is 0 Å². The molecule has 3 aromatic rings. The van der Waals surface area contributed by atoms with Crippen LogP contribution in [0.25, 0.3) is 22.5 Å². The van der Waals surface area contributed by atoms with E-state index in [2.05, 4.69) is 27.0 Å². The van der Waals surface area contributed by atoms with Gasteiger partial charge in [-0.15, -0.1) is 0 Å². The van der Waals surface area contributed by atoms with Gasteiger partial charge in [0.2, 0.25) is 0 Å². The van der Waals surface area contributed by atoms with Gasteiger partial charge in [-0.05, 0) is 24.5 Å². The highest BCUT2D eigenvalue weighted by atomic mass is 16.5. The fourth-order valence-electron chi connectivity index (χ4n) is 3.00. The van der Waals surface area contributed by atoms with Gasteiger partial charge in [0.15, 0.2) is 5.82 Å². The first kappa shape index (κ1) is 13.3. The summed E-state index contributed by atoms with van der Waals surface area (Å²) < 4.78 is 10.9. The third-order valence-electron chi connectivity index (χ3n) is 4.20. The number of benzene rings is 1. The molecule has 0 aliphatic carbocycles. The average molecular weight is 300 g/mol. The Bertz CT molecular complexity index is 863. The maximum absolute atomic E-state index is 11.5. The minimum atomic E-state index is -0.250. The first-order valence-corrected chi connectivity index (χ1v) is 7.35. The molecule has 0 radical (unpaired) electrons. The van der Waals surface area contributed by atoms with E-state index in [4.69, 9.17) is 9.26 Å². The largest absolute Gasteiger partial charge is 0.381 e. The zero-order valence-corrected chi connectivity index (χ0v) is 12.1. The van der Waals surface area contributed by atoms with Crippen LogP contribution >= 0.6 is 0 Å². The number of aromatic nitrogens is 4. The molecule has 2 atom stereocenters. The number of imidazole rings is 1. The summed E-state index contributed by atoms with van der Waals surface area (Å²) in [4.78, 5) is 21.5. The zero-order chi connectivity index (χ0) is 15.1. The normalized spacial score (nSPS) is 22.2. The van der Waals surface area contributed by atoms with E-state index in [0.29, 0.717) is 23.1 Å². The van der Waals surface area contributed by atoms with Crippen molar-refractivity contribution in [3.63, 3.8) is 0 Å². The van der Waals surface area contributed by atoms with Gasteiger partial charge in [0.25, 0.3) is 5.89 Å². The lowest BCUT2D eigenvalue weighted by Crippen LogP contribution is -2.24. The minimum absolute atomic E-state index is 0.246. The van der Waals surface area contributed by atoms with Crippen molar-refractivity contribution in [2.75, 3.05) is 13.2 Å². The van der Waals surface area contributed by atoms with Crippen LogP contribution in [0.2, 0.25) is 0 Å². The summed E-state index contributed by atoms with van der Waals surface area (Å²) in [6, 6.07) is 5.54. The number of nitrogens with zero attached hydrogens (tertiary/aromatic N) is 2. The van der Waals surface area contributed by atoms with Gasteiger partial charge >= 0.3 is 5.69 Å². The van der Waals surface area contributed by atoms with E-state index in [1.165, 1.54) is 0 Å². The standard InChI is InChI=1S/C15H16N4O3/c1-8-7-21-6-5-9(8)13-18-14(22-19-13)10-3-2-4-11-12(10)17-15(20)16-11/h2-4,8-9H,5-7H2,1H3,(H2,16,17,20). The molecule has 2 aromatic heterocycles. The predicted molar refractivity (Wildman–Crippen MR) is 79.6 cm³/mol. The Kier molecular flexibility index (Phi) is 3.07. The monoisotopic (exact) mass is 300 g/mol. The molecule has 0 spiro atoms. The van der Waals surface area contributed by atoms with Crippen molar-refractivity contribution in [3.8, 4) is 11.5 Å². The number of rotatable bonds is 2. The van der Waals surface area contributed by atoms with Crippen molar-refractivity contribution in [2.24, 2.45) is 5.92 Å². The van der Waals surface area contributed by atoms with E-state index in [1.54, 1.807) is 0 Å². The van der Waals surface area contributed by atoms with Crippen LogP contribution in [0.15, 0.2) is 27.5 Å². The smallest absolute Gasteiger partial charge is 0.323 e. The number of H-pyrrole nitrogens is 2. The first-order valence-electron chi connectivity index (χ1n) is 7.35. The molecule has 0 saturated carbocycles. The van der Waals surface area contributed by atoms with E-state index in [1.807, 2.05) is 18.2 Å². The predicted octanol–water partition coefficient (Wildman–Crippen LogP) is 2.05. The van der Waals surface area contributed by atoms with Crippen molar-refractivity contribution >= 4 is 11.0 Å². The van der Waals surface area contributed by atoms with Gasteiger partial charge in [0.05, 0.1) is 16.6 Å². The zero-order valence-electron chi connectivity index (χ0n) is 12.1. The Hall–Kier alpha value is -2.41. The van der Waals surface area contributed by atoms with Crippen LogP contribution < -0.4 is 5.69 Å². The molecule has 7 heteroatoms. The fourth-order valence-corrected chi connectivity index (χ4v) is 3.00. The SMILES string of the molecule is CC1COCCC1c1noc(-c2cccc3[nH]c(=O)[nH]c23)n1. The van der Waals surface area contributed by atoms with Crippen LogP contribution in [0.1, 0.15) is 25.1 Å². The van der Waals surface area contributed by atoms with E-state index in [0.717, 1.165) is 30.7 Å². The van der Waals surface area contributed by atoms with Crippen LogP contribution in [0.3, 0.4) is 0 Å².